The molecular weight excluding hydrogens is 562 g/mol. The van der Waals surface area contributed by atoms with Crippen molar-refractivity contribution in [1.29, 1.82) is 0 Å². The fraction of sp³-hybridized carbons (Fsp3) is 0.250. The molecule has 0 N–H and O–H groups in total. The number of methoxy groups -OCH3 is 2. The maximum atomic E-state index is 13.2. The number of anilines is 1. The highest BCUT2D eigenvalue weighted by atomic mass is 35.5. The number of para-hydroxylation sites is 1. The molecule has 1 aliphatic heterocycles. The van der Waals surface area contributed by atoms with E-state index in [1.807, 2.05) is 30.3 Å². The lowest BCUT2D eigenvalue weighted by molar-refractivity contribution is 0.391. The zero-order valence-corrected chi connectivity index (χ0v) is 22.6. The van der Waals surface area contributed by atoms with Crippen molar-refractivity contribution < 1.29 is 9.47 Å². The normalized spacial score (nSPS) is 16.1. The molecule has 9 nitrogen and oxygen atoms in total. The zero-order chi connectivity index (χ0) is 26.4. The predicted octanol–water partition coefficient (Wildman–Crippen LogP) is 4.67. The Labute approximate surface area is 232 Å². The molecule has 0 unspecified atom stereocenters. The maximum Gasteiger partial charge on any atom is 0.251 e. The van der Waals surface area contributed by atoms with Crippen molar-refractivity contribution in [3.05, 3.63) is 71.1 Å². The highest BCUT2D eigenvalue weighted by Crippen LogP contribution is 2.49. The van der Waals surface area contributed by atoms with Gasteiger partial charge in [-0.05, 0) is 30.3 Å². The molecule has 0 saturated carbocycles. The third-order valence-electron chi connectivity index (χ3n) is 5.90. The molecule has 192 valence electrons. The van der Waals surface area contributed by atoms with Crippen LogP contribution in [0.15, 0.2) is 65.7 Å². The fourth-order valence-electron chi connectivity index (χ4n) is 4.02. The summed E-state index contributed by atoms with van der Waals surface area (Å²) in [5, 5.41) is 8.98. The fourth-order valence-corrected chi connectivity index (χ4v) is 4.83. The summed E-state index contributed by atoms with van der Waals surface area (Å²) in [4.78, 5) is 19.6. The molecule has 0 radical (unpaired) electrons. The first-order valence-corrected chi connectivity index (χ1v) is 12.5. The van der Waals surface area contributed by atoms with Gasteiger partial charge < -0.3 is 14.4 Å². The van der Waals surface area contributed by atoms with Crippen molar-refractivity contribution >= 4 is 52.2 Å². The lowest BCUT2D eigenvalue weighted by Crippen LogP contribution is -2.33. The van der Waals surface area contributed by atoms with E-state index in [2.05, 4.69) is 15.2 Å². The van der Waals surface area contributed by atoms with Crippen molar-refractivity contribution in [2.75, 3.05) is 32.2 Å². The first-order chi connectivity index (χ1) is 17.6. The molecule has 4 aromatic rings. The molecule has 0 amide bonds. The number of hydrogen-bond donors (Lipinski definition) is 0. The van der Waals surface area contributed by atoms with Crippen LogP contribution in [0, 0.1) is 0 Å². The van der Waals surface area contributed by atoms with Crippen LogP contribution in [0.5, 0.6) is 11.6 Å². The number of hydrogen-bond acceptors (Lipinski definition) is 7. The molecule has 37 heavy (non-hydrogen) atoms. The predicted molar refractivity (Wildman–Crippen MR) is 144 cm³/mol. The molecule has 5 rings (SSSR count). The average Bonchev–Trinajstić information content (AvgIpc) is 3.46. The second kappa shape index (κ2) is 9.72. The minimum Gasteiger partial charge on any atom is -0.491 e. The molecule has 3 aromatic heterocycles. The number of aromatic nitrogens is 5. The van der Waals surface area contributed by atoms with Crippen LogP contribution in [-0.2, 0) is 0 Å². The molecule has 4 heterocycles. The van der Waals surface area contributed by atoms with Crippen LogP contribution < -0.4 is 19.8 Å². The van der Waals surface area contributed by atoms with E-state index in [-0.39, 0.29) is 30.4 Å². The Balaban J connectivity index is 1.60. The quantitative estimate of drug-likeness (QED) is 0.306. The Morgan fingerprint density at radius 1 is 0.919 bits per heavy atom. The smallest absolute Gasteiger partial charge is 0.251 e. The zero-order valence-electron chi connectivity index (χ0n) is 19.6. The molecule has 0 aliphatic carbocycles. The van der Waals surface area contributed by atoms with Gasteiger partial charge in [0.2, 0.25) is 5.88 Å². The lowest BCUT2D eigenvalue weighted by atomic mass is 10.2. The van der Waals surface area contributed by atoms with Crippen LogP contribution in [0.2, 0.25) is 0 Å². The van der Waals surface area contributed by atoms with Crippen LogP contribution in [-0.4, -0.2) is 60.5 Å². The molecule has 1 aliphatic rings. The molecule has 1 fully saturated rings. The van der Waals surface area contributed by atoms with Crippen LogP contribution in [0.25, 0.3) is 22.8 Å². The van der Waals surface area contributed by atoms with Crippen molar-refractivity contribution in [2.24, 2.45) is 0 Å². The standard InChI is InChI=1S/C24H20Cl4N6O3/c1-36-18-12-33(31-20(21(18)35)16-10-11-29-34(16)15-6-4-3-5-7-15)17-8-9-19(30-22(17)37-2)32-13-23(25,26)24(27,28)14-32/h3-12H,13-14H2,1-2H3. The highest BCUT2D eigenvalue weighted by Gasteiger charge is 2.55. The first-order valence-electron chi connectivity index (χ1n) is 11.0. The maximum absolute atomic E-state index is 13.2. The monoisotopic (exact) mass is 580 g/mol. The van der Waals surface area contributed by atoms with Gasteiger partial charge in [0, 0.05) is 0 Å². The third kappa shape index (κ3) is 4.61. The van der Waals surface area contributed by atoms with Gasteiger partial charge in [0.1, 0.15) is 11.5 Å². The molecule has 1 saturated heterocycles. The lowest BCUT2D eigenvalue weighted by Gasteiger charge is -2.21. The summed E-state index contributed by atoms with van der Waals surface area (Å²) in [6.45, 7) is 0.326. The summed E-state index contributed by atoms with van der Waals surface area (Å²) in [5.74, 6) is 0.819. The van der Waals surface area contributed by atoms with Gasteiger partial charge in [-0.1, -0.05) is 64.6 Å². The molecular formula is C24H20Cl4N6O3. The molecule has 13 heteroatoms. The molecule has 1 aromatic carbocycles. The Morgan fingerprint density at radius 2 is 1.62 bits per heavy atom. The summed E-state index contributed by atoms with van der Waals surface area (Å²) in [6.07, 6.45) is 3.07. The van der Waals surface area contributed by atoms with E-state index in [0.29, 0.717) is 17.2 Å². The van der Waals surface area contributed by atoms with E-state index in [1.165, 1.54) is 25.1 Å². The summed E-state index contributed by atoms with van der Waals surface area (Å²) in [7, 11) is 2.89. The number of alkyl halides is 4. The SMILES string of the molecule is COc1nc(N2CC(Cl)(Cl)C(Cl)(Cl)C2)ccc1-n1cc(OC)c(=O)c(-c2ccnn2-c2ccccc2)n1. The van der Waals surface area contributed by atoms with Crippen molar-refractivity contribution in [3.8, 4) is 34.4 Å². The van der Waals surface area contributed by atoms with Gasteiger partial charge in [-0.2, -0.15) is 15.2 Å². The second-order valence-corrected chi connectivity index (χ2v) is 11.2. The largest absolute Gasteiger partial charge is 0.491 e. The van der Waals surface area contributed by atoms with Gasteiger partial charge in [-0.3, -0.25) is 4.79 Å². The van der Waals surface area contributed by atoms with E-state index in [0.717, 1.165) is 5.69 Å². The number of halogens is 4. The van der Waals surface area contributed by atoms with E-state index in [9.17, 15) is 4.79 Å². The van der Waals surface area contributed by atoms with Crippen molar-refractivity contribution in [2.45, 2.75) is 8.67 Å². The third-order valence-corrected chi connectivity index (χ3v) is 8.05. The van der Waals surface area contributed by atoms with E-state index in [1.54, 1.807) is 34.0 Å². The first kappa shape index (κ1) is 25.7. The minimum atomic E-state index is -1.38. The summed E-state index contributed by atoms with van der Waals surface area (Å²) >= 11 is 25.2. The Morgan fingerprint density at radius 3 is 2.27 bits per heavy atom. The molecule has 0 bridgehead atoms. The minimum absolute atomic E-state index is 0.0830. The average molecular weight is 582 g/mol. The Kier molecular flexibility index (Phi) is 6.74. The topological polar surface area (TPSA) is 87.3 Å². The van der Waals surface area contributed by atoms with Gasteiger partial charge in [-0.25, -0.2) is 9.36 Å². The van der Waals surface area contributed by atoms with Gasteiger partial charge >= 0.3 is 0 Å². The summed E-state index contributed by atoms with van der Waals surface area (Å²) in [5.41, 5.74) is 1.47. The van der Waals surface area contributed by atoms with E-state index < -0.39 is 14.1 Å². The highest BCUT2D eigenvalue weighted by molar-refractivity contribution is 6.63. The van der Waals surface area contributed by atoms with Gasteiger partial charge in [-0.15, -0.1) is 0 Å². The van der Waals surface area contributed by atoms with Crippen LogP contribution in [0.4, 0.5) is 5.82 Å². The number of pyridine rings is 1. The van der Waals surface area contributed by atoms with E-state index in [4.69, 9.17) is 55.9 Å². The number of nitrogens with zero attached hydrogens (tertiary/aromatic N) is 6. The number of rotatable bonds is 6. The van der Waals surface area contributed by atoms with Crippen LogP contribution >= 0.6 is 46.4 Å². The van der Waals surface area contributed by atoms with Crippen LogP contribution in [0.1, 0.15) is 0 Å². The van der Waals surface area contributed by atoms with Gasteiger partial charge in [0.05, 0.1) is 51.1 Å². The number of benzene rings is 1. The second-order valence-electron chi connectivity index (χ2n) is 8.25. The van der Waals surface area contributed by atoms with Gasteiger partial charge in [0.15, 0.2) is 20.1 Å². The van der Waals surface area contributed by atoms with Gasteiger partial charge in [0.25, 0.3) is 5.43 Å². The molecule has 0 spiro atoms. The van der Waals surface area contributed by atoms with E-state index >= 15 is 0 Å². The van der Waals surface area contributed by atoms with Crippen LogP contribution in [0.3, 0.4) is 0 Å². The molecule has 0 atom stereocenters. The van der Waals surface area contributed by atoms with Crippen molar-refractivity contribution in [3.63, 3.8) is 0 Å². The van der Waals surface area contributed by atoms with Crippen molar-refractivity contribution in [1.82, 2.24) is 24.5 Å². The summed E-state index contributed by atoms with van der Waals surface area (Å²) in [6, 6.07) is 14.6. The Bertz CT molecular complexity index is 1490. The number of ether oxygens (including phenoxy) is 2. The Hall–Kier alpha value is -2.98. The summed E-state index contributed by atoms with van der Waals surface area (Å²) < 4.78 is 11.3.